The molecule has 0 aromatic carbocycles. The van der Waals surface area contributed by atoms with Gasteiger partial charge in [0.15, 0.2) is 12.1 Å². The van der Waals surface area contributed by atoms with Crippen LogP contribution in [0.1, 0.15) is 206 Å². The SMILES string of the molecule is CC/C=C/C/C=C/C/C=C/C/C=C/CCCCCCCCCC(=O)OC(COCCC(C(=O)O)[N+](C)(C)C)COC(=O)CCCCCCCCCCCCC/C=C/C/C=C/C/C=C/CC. The van der Waals surface area contributed by atoms with E-state index < -0.39 is 18.1 Å². The molecule has 2 unspecified atom stereocenters. The molecule has 0 aromatic rings. The third-order valence-corrected chi connectivity index (χ3v) is 11.3. The second kappa shape index (κ2) is 47.0. The first-order valence-corrected chi connectivity index (χ1v) is 26.1. The predicted octanol–water partition coefficient (Wildman–Crippen LogP) is 15.3. The van der Waals surface area contributed by atoms with Gasteiger partial charge in [0.25, 0.3) is 0 Å². The van der Waals surface area contributed by atoms with Crippen molar-refractivity contribution in [1.29, 1.82) is 0 Å². The van der Waals surface area contributed by atoms with E-state index in [0.29, 0.717) is 19.3 Å². The van der Waals surface area contributed by atoms with Crippen LogP contribution in [0.2, 0.25) is 0 Å². The Morgan fingerprint density at radius 2 is 0.815 bits per heavy atom. The summed E-state index contributed by atoms with van der Waals surface area (Å²) in [4.78, 5) is 37.2. The quantitative estimate of drug-likeness (QED) is 0.0281. The van der Waals surface area contributed by atoms with Crippen molar-refractivity contribution >= 4 is 17.9 Å². The molecule has 8 nitrogen and oxygen atoms in total. The van der Waals surface area contributed by atoms with Crippen LogP contribution in [0.4, 0.5) is 0 Å². The first-order chi connectivity index (χ1) is 31.6. The number of carboxylic acids is 1. The van der Waals surface area contributed by atoms with Crippen LogP contribution in [0.5, 0.6) is 0 Å². The monoisotopic (exact) mass is 909 g/mol. The van der Waals surface area contributed by atoms with Crippen LogP contribution in [0.25, 0.3) is 0 Å². The zero-order valence-electron chi connectivity index (χ0n) is 42.4. The lowest BCUT2D eigenvalue weighted by molar-refractivity contribution is -0.887. The molecular weight excluding hydrogens is 811 g/mol. The number of nitrogens with zero attached hydrogens (tertiary/aromatic N) is 1. The van der Waals surface area contributed by atoms with Crippen LogP contribution in [-0.2, 0) is 28.6 Å². The fourth-order valence-corrected chi connectivity index (χ4v) is 7.33. The minimum atomic E-state index is -0.879. The summed E-state index contributed by atoms with van der Waals surface area (Å²) in [6.45, 7) is 4.51. The van der Waals surface area contributed by atoms with Crippen LogP contribution in [0, 0.1) is 0 Å². The number of aliphatic carboxylic acids is 1. The molecule has 0 bridgehead atoms. The lowest BCUT2D eigenvalue weighted by Crippen LogP contribution is -2.50. The Kier molecular flexibility index (Phi) is 44.5. The Hall–Kier alpha value is -3.49. The molecule has 0 heterocycles. The number of carboxylic acid groups (broad SMARTS) is 1. The minimum absolute atomic E-state index is 0.0522. The van der Waals surface area contributed by atoms with Gasteiger partial charge in [0, 0.05) is 19.3 Å². The number of rotatable bonds is 46. The molecule has 372 valence electrons. The van der Waals surface area contributed by atoms with Crippen molar-refractivity contribution in [3.8, 4) is 0 Å². The maximum absolute atomic E-state index is 12.8. The topological polar surface area (TPSA) is 99.1 Å². The number of ether oxygens (including phenoxy) is 3. The summed E-state index contributed by atoms with van der Waals surface area (Å²) >= 11 is 0. The van der Waals surface area contributed by atoms with Crippen molar-refractivity contribution in [3.05, 3.63) is 85.1 Å². The number of allylic oxidation sites excluding steroid dienone is 14. The van der Waals surface area contributed by atoms with Gasteiger partial charge in [0.05, 0.1) is 34.4 Å². The van der Waals surface area contributed by atoms with E-state index in [2.05, 4.69) is 98.9 Å². The van der Waals surface area contributed by atoms with Crippen molar-refractivity contribution in [2.24, 2.45) is 0 Å². The van der Waals surface area contributed by atoms with Crippen LogP contribution < -0.4 is 0 Å². The van der Waals surface area contributed by atoms with Crippen molar-refractivity contribution < 1.29 is 38.2 Å². The van der Waals surface area contributed by atoms with E-state index in [1.165, 1.54) is 77.0 Å². The summed E-state index contributed by atoms with van der Waals surface area (Å²) in [5.41, 5.74) is 0. The normalized spacial score (nSPS) is 13.6. The first-order valence-electron chi connectivity index (χ1n) is 26.1. The van der Waals surface area contributed by atoms with Crippen molar-refractivity contribution in [3.63, 3.8) is 0 Å². The molecule has 0 amide bonds. The number of unbranched alkanes of at least 4 members (excludes halogenated alkanes) is 18. The smallest absolute Gasteiger partial charge is 0.362 e. The lowest BCUT2D eigenvalue weighted by Gasteiger charge is -2.31. The molecule has 0 aliphatic heterocycles. The van der Waals surface area contributed by atoms with Crippen molar-refractivity contribution in [2.75, 3.05) is 41.0 Å². The van der Waals surface area contributed by atoms with Crippen LogP contribution in [0.3, 0.4) is 0 Å². The molecule has 0 spiro atoms. The maximum Gasteiger partial charge on any atom is 0.362 e. The summed E-state index contributed by atoms with van der Waals surface area (Å²) < 4.78 is 17.4. The second-order valence-corrected chi connectivity index (χ2v) is 18.4. The number of carbonyl (C=O) groups is 3. The van der Waals surface area contributed by atoms with Gasteiger partial charge in [-0.05, 0) is 83.5 Å². The Morgan fingerprint density at radius 3 is 1.20 bits per heavy atom. The third kappa shape index (κ3) is 45.5. The molecule has 0 saturated heterocycles. The van der Waals surface area contributed by atoms with Crippen LogP contribution >= 0.6 is 0 Å². The zero-order valence-corrected chi connectivity index (χ0v) is 42.4. The molecule has 0 fully saturated rings. The molecule has 0 aliphatic carbocycles. The van der Waals surface area contributed by atoms with E-state index in [1.807, 2.05) is 21.1 Å². The summed E-state index contributed by atoms with van der Waals surface area (Å²) in [6, 6.07) is -0.622. The van der Waals surface area contributed by atoms with E-state index in [1.54, 1.807) is 0 Å². The average Bonchev–Trinajstić information content (AvgIpc) is 3.27. The number of carbonyl (C=O) groups excluding carboxylic acids is 2. The molecule has 0 radical (unpaired) electrons. The number of hydrogen-bond donors (Lipinski definition) is 1. The molecule has 0 rings (SSSR count). The predicted molar refractivity (Wildman–Crippen MR) is 275 cm³/mol. The van der Waals surface area contributed by atoms with Gasteiger partial charge in [-0.25, -0.2) is 4.79 Å². The highest BCUT2D eigenvalue weighted by Crippen LogP contribution is 2.15. The van der Waals surface area contributed by atoms with E-state index in [9.17, 15) is 19.5 Å². The molecule has 8 heteroatoms. The Bertz CT molecular complexity index is 1330. The van der Waals surface area contributed by atoms with E-state index >= 15 is 0 Å². The fourth-order valence-electron chi connectivity index (χ4n) is 7.33. The molecule has 0 aliphatic rings. The highest BCUT2D eigenvalue weighted by Gasteiger charge is 2.31. The highest BCUT2D eigenvalue weighted by atomic mass is 16.6. The van der Waals surface area contributed by atoms with E-state index in [4.69, 9.17) is 14.2 Å². The lowest BCUT2D eigenvalue weighted by atomic mass is 10.0. The zero-order chi connectivity index (χ0) is 47.7. The van der Waals surface area contributed by atoms with Gasteiger partial charge >= 0.3 is 17.9 Å². The van der Waals surface area contributed by atoms with E-state index in [-0.39, 0.29) is 36.2 Å². The van der Waals surface area contributed by atoms with Gasteiger partial charge in [0.1, 0.15) is 6.61 Å². The Balaban J connectivity index is 4.26. The number of hydrogen-bond acceptors (Lipinski definition) is 6. The van der Waals surface area contributed by atoms with Crippen LogP contribution in [-0.4, -0.2) is 80.6 Å². The van der Waals surface area contributed by atoms with Crippen molar-refractivity contribution in [1.82, 2.24) is 0 Å². The summed E-state index contributed by atoms with van der Waals surface area (Å²) in [7, 11) is 5.53. The fraction of sp³-hybridized carbons (Fsp3) is 0.702. The molecule has 65 heavy (non-hydrogen) atoms. The molecular formula is C57H98NO7+. The first kappa shape index (κ1) is 61.5. The number of esters is 2. The number of likely N-dealkylation sites (N-methyl/N-ethyl adjacent to an activating group) is 1. The van der Waals surface area contributed by atoms with Gasteiger partial charge in [0.2, 0.25) is 0 Å². The van der Waals surface area contributed by atoms with Gasteiger partial charge in [-0.1, -0.05) is 189 Å². The summed E-state index contributed by atoms with van der Waals surface area (Å²) in [5, 5.41) is 9.66. The second-order valence-electron chi connectivity index (χ2n) is 18.4. The number of quaternary nitrogens is 1. The third-order valence-electron chi connectivity index (χ3n) is 11.3. The van der Waals surface area contributed by atoms with Gasteiger partial charge < -0.3 is 23.8 Å². The average molecular weight is 909 g/mol. The van der Waals surface area contributed by atoms with Crippen LogP contribution in [0.15, 0.2) is 85.1 Å². The van der Waals surface area contributed by atoms with Gasteiger partial charge in [-0.3, -0.25) is 9.59 Å². The van der Waals surface area contributed by atoms with E-state index in [0.717, 1.165) is 96.3 Å². The highest BCUT2D eigenvalue weighted by molar-refractivity contribution is 5.72. The maximum atomic E-state index is 12.8. The summed E-state index contributed by atoms with van der Waals surface area (Å²) in [5.74, 6) is -1.49. The molecule has 2 atom stereocenters. The van der Waals surface area contributed by atoms with Gasteiger partial charge in [-0.15, -0.1) is 0 Å². The Labute approximate surface area is 399 Å². The minimum Gasteiger partial charge on any atom is -0.477 e. The van der Waals surface area contributed by atoms with Gasteiger partial charge in [-0.2, -0.15) is 0 Å². The molecule has 1 N–H and O–H groups in total. The van der Waals surface area contributed by atoms with Crippen molar-refractivity contribution in [2.45, 2.75) is 219 Å². The molecule has 0 aromatic heterocycles. The largest absolute Gasteiger partial charge is 0.477 e. The standard InChI is InChI=1S/C57H97NO7/c1-6-8-10-12-14-16-18-20-22-24-26-28-30-31-33-35-37-39-41-43-45-47-55(59)64-52-53(51-63-50-49-54(57(61)62)58(3,4)5)65-56(60)48-46-44-42-40-38-36-34-32-29-27-25-23-21-19-17-15-13-11-9-7-2/h8-11,14-17,20-23,27,29,53-54H,6-7,12-13,18-19,24-26,28,30-52H2,1-5H3/p+1/b10-8+,11-9+,16-14+,17-15+,22-20+,23-21+,29-27+. The summed E-state index contributed by atoms with van der Waals surface area (Å²) in [6.07, 6.45) is 62.0. The molecule has 0 saturated carbocycles. The Morgan fingerprint density at radius 1 is 0.462 bits per heavy atom.